The molecule has 7 heteroatoms. The van der Waals surface area contributed by atoms with E-state index in [4.69, 9.17) is 4.74 Å². The third-order valence-corrected chi connectivity index (χ3v) is 4.31. The maximum Gasteiger partial charge on any atom is 0.338 e. The number of benzene rings is 2. The second-order valence-electron chi connectivity index (χ2n) is 6.41. The van der Waals surface area contributed by atoms with Gasteiger partial charge in [-0.05, 0) is 36.2 Å². The first-order valence-corrected chi connectivity index (χ1v) is 8.97. The van der Waals surface area contributed by atoms with Crippen molar-refractivity contribution in [1.29, 1.82) is 0 Å². The van der Waals surface area contributed by atoms with Gasteiger partial charge in [0.05, 0.1) is 12.0 Å². The van der Waals surface area contributed by atoms with Gasteiger partial charge < -0.3 is 9.64 Å². The molecule has 1 aliphatic rings. The fourth-order valence-electron chi connectivity index (χ4n) is 2.93. The second kappa shape index (κ2) is 8.94. The molecule has 0 bridgehead atoms. The Bertz CT molecular complexity index is 877. The molecule has 0 saturated carbocycles. The summed E-state index contributed by atoms with van der Waals surface area (Å²) in [7, 11) is 0. The minimum atomic E-state index is -0.687. The number of hydrogen-bond donors (Lipinski definition) is 1. The number of amides is 3. The lowest BCUT2D eigenvalue weighted by Gasteiger charge is -2.15. The first kappa shape index (κ1) is 19.3. The molecule has 1 fully saturated rings. The van der Waals surface area contributed by atoms with Crippen molar-refractivity contribution in [3.8, 4) is 0 Å². The van der Waals surface area contributed by atoms with E-state index in [1.165, 1.54) is 0 Å². The SMILES string of the molecule is O=C(COC(=O)c1ccc(N2CCCC2=O)cc1)NC(=O)Cc1ccccc1. The molecule has 144 valence electrons. The van der Waals surface area contributed by atoms with E-state index in [-0.39, 0.29) is 17.9 Å². The average Bonchev–Trinajstić information content (AvgIpc) is 3.13. The summed E-state index contributed by atoms with van der Waals surface area (Å²) in [6, 6.07) is 15.4. The molecular weight excluding hydrogens is 360 g/mol. The highest BCUT2D eigenvalue weighted by molar-refractivity contribution is 5.99. The third-order valence-electron chi connectivity index (χ3n) is 4.31. The quantitative estimate of drug-likeness (QED) is 0.772. The summed E-state index contributed by atoms with van der Waals surface area (Å²) in [6.45, 7) is 0.117. The van der Waals surface area contributed by atoms with Gasteiger partial charge >= 0.3 is 5.97 Å². The van der Waals surface area contributed by atoms with Gasteiger partial charge in [-0.3, -0.25) is 19.7 Å². The number of imide groups is 1. The molecule has 1 heterocycles. The van der Waals surface area contributed by atoms with Crippen LogP contribution in [-0.2, 0) is 25.5 Å². The monoisotopic (exact) mass is 380 g/mol. The number of esters is 1. The topological polar surface area (TPSA) is 92.8 Å². The van der Waals surface area contributed by atoms with Crippen molar-refractivity contribution < 1.29 is 23.9 Å². The average molecular weight is 380 g/mol. The second-order valence-corrected chi connectivity index (χ2v) is 6.41. The number of ether oxygens (including phenoxy) is 1. The number of rotatable bonds is 6. The van der Waals surface area contributed by atoms with E-state index in [0.29, 0.717) is 13.0 Å². The Kier molecular flexibility index (Phi) is 6.16. The zero-order valence-corrected chi connectivity index (χ0v) is 15.2. The minimum absolute atomic E-state index is 0.0622. The van der Waals surface area contributed by atoms with E-state index in [1.807, 2.05) is 6.07 Å². The van der Waals surface area contributed by atoms with Crippen molar-refractivity contribution in [3.63, 3.8) is 0 Å². The normalized spacial score (nSPS) is 13.3. The van der Waals surface area contributed by atoms with Crippen LogP contribution in [0.25, 0.3) is 0 Å². The Hall–Kier alpha value is -3.48. The van der Waals surface area contributed by atoms with Crippen molar-refractivity contribution in [2.24, 2.45) is 0 Å². The molecule has 7 nitrogen and oxygen atoms in total. The molecule has 0 atom stereocenters. The minimum Gasteiger partial charge on any atom is -0.452 e. The highest BCUT2D eigenvalue weighted by Gasteiger charge is 2.22. The Balaban J connectivity index is 1.46. The van der Waals surface area contributed by atoms with E-state index >= 15 is 0 Å². The van der Waals surface area contributed by atoms with Gasteiger partial charge in [-0.15, -0.1) is 0 Å². The zero-order chi connectivity index (χ0) is 19.9. The standard InChI is InChI=1S/C21H20N2O5/c24-18(13-15-5-2-1-3-6-15)22-19(25)14-28-21(27)16-8-10-17(11-9-16)23-12-4-7-20(23)26/h1-3,5-6,8-11H,4,7,12-14H2,(H,22,24,25). The van der Waals surface area contributed by atoms with Crippen molar-refractivity contribution in [2.75, 3.05) is 18.1 Å². The summed E-state index contributed by atoms with van der Waals surface area (Å²) < 4.78 is 4.94. The number of hydrogen-bond acceptors (Lipinski definition) is 5. The summed E-state index contributed by atoms with van der Waals surface area (Å²) >= 11 is 0. The van der Waals surface area contributed by atoms with Gasteiger partial charge in [0.25, 0.3) is 5.91 Å². The number of anilines is 1. The van der Waals surface area contributed by atoms with Gasteiger partial charge in [0.1, 0.15) is 0 Å². The van der Waals surface area contributed by atoms with E-state index in [2.05, 4.69) is 5.32 Å². The summed E-state index contributed by atoms with van der Waals surface area (Å²) in [4.78, 5) is 49.1. The highest BCUT2D eigenvalue weighted by Crippen LogP contribution is 2.21. The maximum absolute atomic E-state index is 12.1. The maximum atomic E-state index is 12.1. The fourth-order valence-corrected chi connectivity index (χ4v) is 2.93. The first-order chi connectivity index (χ1) is 13.5. The van der Waals surface area contributed by atoms with Crippen LogP contribution in [0.3, 0.4) is 0 Å². The first-order valence-electron chi connectivity index (χ1n) is 8.97. The van der Waals surface area contributed by atoms with E-state index < -0.39 is 24.4 Å². The van der Waals surface area contributed by atoms with Crippen LogP contribution in [0, 0.1) is 0 Å². The van der Waals surface area contributed by atoms with Gasteiger partial charge in [0.2, 0.25) is 11.8 Å². The third kappa shape index (κ3) is 5.03. The Morgan fingerprint density at radius 2 is 1.68 bits per heavy atom. The fraction of sp³-hybridized carbons (Fsp3) is 0.238. The largest absolute Gasteiger partial charge is 0.452 e. The van der Waals surface area contributed by atoms with Crippen LogP contribution in [-0.4, -0.2) is 36.8 Å². The molecule has 2 aromatic carbocycles. The molecule has 2 aromatic rings. The molecule has 28 heavy (non-hydrogen) atoms. The van der Waals surface area contributed by atoms with Crippen LogP contribution in [0.15, 0.2) is 54.6 Å². The zero-order valence-electron chi connectivity index (χ0n) is 15.2. The molecule has 1 N–H and O–H groups in total. The van der Waals surface area contributed by atoms with Gasteiger partial charge in [-0.2, -0.15) is 0 Å². The van der Waals surface area contributed by atoms with Crippen molar-refractivity contribution in [2.45, 2.75) is 19.3 Å². The summed E-state index contributed by atoms with van der Waals surface area (Å²) in [5.74, 6) is -1.77. The van der Waals surface area contributed by atoms with Crippen LogP contribution in [0.5, 0.6) is 0 Å². The molecule has 0 aromatic heterocycles. The van der Waals surface area contributed by atoms with Crippen molar-refractivity contribution in [3.05, 3.63) is 65.7 Å². The molecular formula is C21H20N2O5. The summed E-state index contributed by atoms with van der Waals surface area (Å²) in [5.41, 5.74) is 1.77. The number of carbonyl (C=O) groups excluding carboxylic acids is 4. The lowest BCUT2D eigenvalue weighted by Crippen LogP contribution is -2.35. The van der Waals surface area contributed by atoms with Crippen LogP contribution in [0.4, 0.5) is 5.69 Å². The Morgan fingerprint density at radius 3 is 2.32 bits per heavy atom. The molecule has 0 aliphatic carbocycles. The van der Waals surface area contributed by atoms with Gasteiger partial charge in [-0.1, -0.05) is 30.3 Å². The molecule has 1 saturated heterocycles. The number of carbonyl (C=O) groups is 4. The van der Waals surface area contributed by atoms with Crippen LogP contribution in [0.1, 0.15) is 28.8 Å². The molecule has 3 rings (SSSR count). The van der Waals surface area contributed by atoms with Crippen molar-refractivity contribution in [1.82, 2.24) is 5.32 Å². The molecule has 3 amide bonds. The van der Waals surface area contributed by atoms with Gasteiger partial charge in [-0.25, -0.2) is 4.79 Å². The van der Waals surface area contributed by atoms with Crippen molar-refractivity contribution >= 4 is 29.4 Å². The van der Waals surface area contributed by atoms with Gasteiger partial charge in [0.15, 0.2) is 6.61 Å². The van der Waals surface area contributed by atoms with Gasteiger partial charge in [0, 0.05) is 18.7 Å². The Labute approximate surface area is 162 Å². The lowest BCUT2D eigenvalue weighted by atomic mass is 10.1. The molecule has 1 aliphatic heterocycles. The summed E-state index contributed by atoms with van der Waals surface area (Å²) in [6.07, 6.45) is 1.42. The lowest BCUT2D eigenvalue weighted by molar-refractivity contribution is -0.132. The molecule has 0 unspecified atom stereocenters. The predicted octanol–water partition coefficient (Wildman–Crippen LogP) is 1.86. The van der Waals surface area contributed by atoms with Crippen LogP contribution < -0.4 is 10.2 Å². The van der Waals surface area contributed by atoms with E-state index in [0.717, 1.165) is 17.7 Å². The predicted molar refractivity (Wildman–Crippen MR) is 102 cm³/mol. The Morgan fingerprint density at radius 1 is 0.964 bits per heavy atom. The molecule has 0 radical (unpaired) electrons. The van der Waals surface area contributed by atoms with E-state index in [1.54, 1.807) is 53.4 Å². The van der Waals surface area contributed by atoms with Crippen LogP contribution in [0.2, 0.25) is 0 Å². The highest BCUT2D eigenvalue weighted by atomic mass is 16.5. The van der Waals surface area contributed by atoms with E-state index in [9.17, 15) is 19.2 Å². The number of nitrogens with one attached hydrogen (secondary N) is 1. The smallest absolute Gasteiger partial charge is 0.338 e. The number of nitrogens with zero attached hydrogens (tertiary/aromatic N) is 1. The molecule has 0 spiro atoms. The van der Waals surface area contributed by atoms with Crippen LogP contribution >= 0.6 is 0 Å². The summed E-state index contributed by atoms with van der Waals surface area (Å²) in [5, 5.41) is 2.19.